The number of rotatable bonds is 14. The maximum Gasteiger partial charge on any atom is 0.326 e. The van der Waals surface area contributed by atoms with E-state index < -0.39 is 41.8 Å². The Morgan fingerprint density at radius 2 is 1.86 bits per heavy atom. The van der Waals surface area contributed by atoms with E-state index in [4.69, 9.17) is 5.73 Å². The molecule has 198 valence electrons. The van der Waals surface area contributed by atoms with Crippen molar-refractivity contribution >= 4 is 46.4 Å². The van der Waals surface area contributed by atoms with Gasteiger partial charge in [-0.2, -0.15) is 11.8 Å². The number of aliphatic carboxylic acids is 1. The van der Waals surface area contributed by atoms with Crippen LogP contribution in [0, 0.1) is 0 Å². The molecule has 37 heavy (non-hydrogen) atoms. The number of hydrogen-bond donors (Lipinski definition) is 7. The lowest BCUT2D eigenvalue weighted by Gasteiger charge is -2.21. The van der Waals surface area contributed by atoms with E-state index in [0.717, 1.165) is 16.5 Å². The zero-order valence-electron chi connectivity index (χ0n) is 20.3. The van der Waals surface area contributed by atoms with Gasteiger partial charge in [0.15, 0.2) is 0 Å². The van der Waals surface area contributed by atoms with Crippen LogP contribution in [0.15, 0.2) is 43.0 Å². The smallest absolute Gasteiger partial charge is 0.326 e. The van der Waals surface area contributed by atoms with E-state index in [1.807, 2.05) is 30.5 Å². The minimum absolute atomic E-state index is 0.00857. The molecule has 8 N–H and O–H groups in total. The summed E-state index contributed by atoms with van der Waals surface area (Å²) in [6, 6.07) is 4.61. The largest absolute Gasteiger partial charge is 0.480 e. The van der Waals surface area contributed by atoms with Gasteiger partial charge in [-0.25, -0.2) is 9.78 Å². The number of carboxylic acids is 1. The summed E-state index contributed by atoms with van der Waals surface area (Å²) in [5.74, 6) is -2.38. The van der Waals surface area contributed by atoms with E-state index in [0.29, 0.717) is 11.4 Å². The molecule has 3 rings (SSSR count). The van der Waals surface area contributed by atoms with Gasteiger partial charge in [-0.3, -0.25) is 14.4 Å². The van der Waals surface area contributed by atoms with Gasteiger partial charge in [0.2, 0.25) is 17.7 Å². The molecule has 0 fully saturated rings. The first-order chi connectivity index (χ1) is 17.8. The van der Waals surface area contributed by atoms with E-state index in [1.54, 1.807) is 6.20 Å². The number of carbonyl (C=O) groups is 4. The van der Waals surface area contributed by atoms with Crippen molar-refractivity contribution in [3.8, 4) is 0 Å². The molecule has 3 amide bonds. The van der Waals surface area contributed by atoms with Crippen LogP contribution in [-0.2, 0) is 32.0 Å². The van der Waals surface area contributed by atoms with Crippen LogP contribution in [0.5, 0.6) is 0 Å². The van der Waals surface area contributed by atoms with Crippen LogP contribution in [0.3, 0.4) is 0 Å². The molecule has 0 aliphatic carbocycles. The third-order valence-electron chi connectivity index (χ3n) is 5.73. The third kappa shape index (κ3) is 8.08. The highest BCUT2D eigenvalue weighted by atomic mass is 32.2. The number of H-pyrrole nitrogens is 2. The Bertz CT molecular complexity index is 1210. The van der Waals surface area contributed by atoms with Gasteiger partial charge in [-0.05, 0) is 36.5 Å². The second-order valence-electron chi connectivity index (χ2n) is 8.47. The first-order valence-electron chi connectivity index (χ1n) is 11.7. The Kier molecular flexibility index (Phi) is 10.1. The van der Waals surface area contributed by atoms with Gasteiger partial charge in [0.25, 0.3) is 0 Å². The number of carbonyl (C=O) groups excluding carboxylic acids is 3. The lowest BCUT2D eigenvalue weighted by molar-refractivity contribution is -0.142. The number of aromatic amines is 2. The Balaban J connectivity index is 1.52. The van der Waals surface area contributed by atoms with Crippen LogP contribution in [0.25, 0.3) is 10.9 Å². The van der Waals surface area contributed by atoms with Crippen LogP contribution < -0.4 is 21.7 Å². The normalized spacial score (nSPS) is 13.5. The van der Waals surface area contributed by atoms with Gasteiger partial charge in [0.1, 0.15) is 12.1 Å². The Labute approximate surface area is 217 Å². The predicted octanol–water partition coefficient (Wildman–Crippen LogP) is -0.0730. The van der Waals surface area contributed by atoms with Crippen molar-refractivity contribution in [3.63, 3.8) is 0 Å². The average molecular weight is 530 g/mol. The number of fused-ring (bicyclic) bond motifs is 1. The van der Waals surface area contributed by atoms with Crippen molar-refractivity contribution in [2.24, 2.45) is 5.73 Å². The van der Waals surface area contributed by atoms with Crippen molar-refractivity contribution in [1.29, 1.82) is 0 Å². The van der Waals surface area contributed by atoms with Crippen molar-refractivity contribution in [1.82, 2.24) is 30.9 Å². The summed E-state index contributed by atoms with van der Waals surface area (Å²) < 4.78 is 0. The quantitative estimate of drug-likeness (QED) is 0.151. The number of para-hydroxylation sites is 1. The number of carboxylic acid groups (broad SMARTS) is 1. The lowest BCUT2D eigenvalue weighted by atomic mass is 10.1. The highest BCUT2D eigenvalue weighted by Crippen LogP contribution is 2.18. The Morgan fingerprint density at radius 1 is 1.08 bits per heavy atom. The summed E-state index contributed by atoms with van der Waals surface area (Å²) >= 11 is 1.48. The number of nitrogens with two attached hydrogens (primary N) is 1. The number of hydrogen-bond acceptors (Lipinski definition) is 7. The van der Waals surface area contributed by atoms with Gasteiger partial charge in [0.05, 0.1) is 18.9 Å². The fraction of sp³-hybridized carbons (Fsp3) is 0.375. The summed E-state index contributed by atoms with van der Waals surface area (Å²) in [5.41, 5.74) is 8.43. The minimum atomic E-state index is -1.21. The second-order valence-corrected chi connectivity index (χ2v) is 9.46. The highest BCUT2D eigenvalue weighted by Gasteiger charge is 2.27. The highest BCUT2D eigenvalue weighted by molar-refractivity contribution is 7.98. The molecular formula is C24H31N7O5S. The third-order valence-corrected chi connectivity index (χ3v) is 6.37. The van der Waals surface area contributed by atoms with Crippen molar-refractivity contribution in [3.05, 3.63) is 54.2 Å². The maximum atomic E-state index is 12.8. The average Bonchev–Trinajstić information content (AvgIpc) is 3.54. The van der Waals surface area contributed by atoms with Crippen LogP contribution in [-0.4, -0.2) is 80.4 Å². The van der Waals surface area contributed by atoms with Gasteiger partial charge >= 0.3 is 5.97 Å². The zero-order valence-corrected chi connectivity index (χ0v) is 21.1. The predicted molar refractivity (Wildman–Crippen MR) is 140 cm³/mol. The zero-order chi connectivity index (χ0) is 26.8. The molecule has 3 unspecified atom stereocenters. The molecule has 0 radical (unpaired) electrons. The molecule has 0 aliphatic rings. The SMILES string of the molecule is CSCCC(NC(=O)CNC(=O)C(N)Cc1c[nH]c2ccccc12)C(=O)NC(Cc1cnc[nH]1)C(=O)O. The van der Waals surface area contributed by atoms with E-state index in [1.165, 1.54) is 24.3 Å². The first kappa shape index (κ1) is 27.7. The summed E-state index contributed by atoms with van der Waals surface area (Å²) in [7, 11) is 0. The van der Waals surface area contributed by atoms with Crippen molar-refractivity contribution in [2.75, 3.05) is 18.6 Å². The Hall–Kier alpha value is -3.84. The maximum absolute atomic E-state index is 12.8. The molecule has 0 aliphatic heterocycles. The number of nitrogens with one attached hydrogen (secondary N) is 5. The second kappa shape index (κ2) is 13.5. The fourth-order valence-electron chi connectivity index (χ4n) is 3.77. The van der Waals surface area contributed by atoms with E-state index in [2.05, 4.69) is 30.9 Å². The van der Waals surface area contributed by atoms with Crippen molar-refractivity contribution < 1.29 is 24.3 Å². The van der Waals surface area contributed by atoms with E-state index in [9.17, 15) is 24.3 Å². The monoisotopic (exact) mass is 529 g/mol. The number of imidazole rings is 1. The topological polar surface area (TPSA) is 195 Å². The number of nitrogens with zero attached hydrogens (tertiary/aromatic N) is 1. The molecule has 0 bridgehead atoms. The number of aromatic nitrogens is 3. The van der Waals surface area contributed by atoms with Crippen LogP contribution in [0.2, 0.25) is 0 Å². The number of thioether (sulfide) groups is 1. The van der Waals surface area contributed by atoms with Crippen LogP contribution in [0.4, 0.5) is 0 Å². The van der Waals surface area contributed by atoms with Crippen molar-refractivity contribution in [2.45, 2.75) is 37.4 Å². The number of amides is 3. The lowest BCUT2D eigenvalue weighted by Crippen LogP contribution is -2.54. The molecular weight excluding hydrogens is 498 g/mol. The summed E-state index contributed by atoms with van der Waals surface area (Å²) in [5, 5.41) is 18.0. The van der Waals surface area contributed by atoms with Gasteiger partial charge < -0.3 is 36.8 Å². The minimum Gasteiger partial charge on any atom is -0.480 e. The van der Waals surface area contributed by atoms with E-state index in [-0.39, 0.29) is 25.8 Å². The number of benzene rings is 1. The molecule has 2 heterocycles. The molecule has 0 spiro atoms. The first-order valence-corrected chi connectivity index (χ1v) is 13.0. The molecule has 0 saturated heterocycles. The summed E-state index contributed by atoms with van der Waals surface area (Å²) in [4.78, 5) is 59.3. The van der Waals surface area contributed by atoms with Gasteiger partial charge in [-0.1, -0.05) is 18.2 Å². The molecule has 13 heteroatoms. The molecule has 0 saturated carbocycles. The van der Waals surface area contributed by atoms with Gasteiger partial charge in [0, 0.05) is 35.4 Å². The van der Waals surface area contributed by atoms with Crippen LogP contribution >= 0.6 is 11.8 Å². The fourth-order valence-corrected chi connectivity index (χ4v) is 4.24. The van der Waals surface area contributed by atoms with Gasteiger partial charge in [-0.15, -0.1) is 0 Å². The summed E-state index contributed by atoms with van der Waals surface area (Å²) in [6.07, 6.45) is 7.11. The van der Waals surface area contributed by atoms with Crippen LogP contribution in [0.1, 0.15) is 17.7 Å². The molecule has 3 atom stereocenters. The molecule has 2 aromatic heterocycles. The summed E-state index contributed by atoms with van der Waals surface area (Å²) in [6.45, 7) is -0.375. The molecule has 12 nitrogen and oxygen atoms in total. The Morgan fingerprint density at radius 3 is 2.57 bits per heavy atom. The standard InChI is InChI=1S/C24H31N7O5S/c1-37-7-6-19(23(34)31-20(24(35)36)9-15-11-26-13-29-15)30-21(32)12-28-22(33)17(25)8-14-10-27-18-5-3-2-4-16(14)18/h2-5,10-11,13,17,19-20,27H,6-9,12,25H2,1H3,(H,26,29)(H,28,33)(H,30,32)(H,31,34)(H,35,36). The molecule has 3 aromatic rings. The van der Waals surface area contributed by atoms with E-state index >= 15 is 0 Å². The molecule has 1 aromatic carbocycles.